The number of benzene rings is 6. The van der Waals surface area contributed by atoms with Gasteiger partial charge in [-0.3, -0.25) is 0 Å². The van der Waals surface area contributed by atoms with Crippen molar-refractivity contribution >= 4 is 47.7 Å². The van der Waals surface area contributed by atoms with Crippen molar-refractivity contribution in [3.05, 3.63) is 180 Å². The van der Waals surface area contributed by atoms with Gasteiger partial charge in [-0.25, -0.2) is 0 Å². The predicted octanol–water partition coefficient (Wildman–Crippen LogP) is 7.81. The summed E-state index contributed by atoms with van der Waals surface area (Å²) in [5, 5.41) is 8.43. The molecule has 0 radical (unpaired) electrons. The van der Waals surface area contributed by atoms with Crippen molar-refractivity contribution in [1.82, 2.24) is 0 Å². The summed E-state index contributed by atoms with van der Waals surface area (Å²) >= 11 is 0. The lowest BCUT2D eigenvalue weighted by atomic mass is 10.2. The van der Waals surface area contributed by atoms with E-state index in [-0.39, 0.29) is 0 Å². The van der Waals surface area contributed by atoms with Gasteiger partial charge in [0.25, 0.3) is 0 Å². The Labute approximate surface area is 248 Å². The van der Waals surface area contributed by atoms with Gasteiger partial charge >= 0.3 is 0 Å². The fraction of sp³-hybridized carbons (Fsp3) is 0.0769. The molecule has 0 nitrogen and oxygen atoms in total. The van der Waals surface area contributed by atoms with Crippen molar-refractivity contribution in [2.24, 2.45) is 0 Å². The molecule has 6 aromatic carbocycles. The Morgan fingerprint density at radius 1 is 0.244 bits per heavy atom. The van der Waals surface area contributed by atoms with Crippen LogP contribution in [0, 0.1) is 20.8 Å². The fourth-order valence-electron chi connectivity index (χ4n) is 4.71. The first kappa shape index (κ1) is 28.7. The molecule has 202 valence electrons. The normalized spacial score (nSPS) is 10.8. The second kappa shape index (κ2) is 14.2. The summed E-state index contributed by atoms with van der Waals surface area (Å²) < 4.78 is 0. The third-order valence-electron chi connectivity index (χ3n) is 6.92. The summed E-state index contributed by atoms with van der Waals surface area (Å²) in [5.74, 6) is 0. The van der Waals surface area contributed by atoms with E-state index in [1.165, 1.54) is 48.5 Å². The Kier molecular flexibility index (Phi) is 9.93. The summed E-state index contributed by atoms with van der Waals surface area (Å²) in [4.78, 5) is 0. The fourth-order valence-corrected chi connectivity index (χ4v) is 9.25. The quantitative estimate of drug-likeness (QED) is 0.180. The van der Waals surface area contributed by atoms with Gasteiger partial charge in [0.05, 0.1) is 0 Å². The van der Waals surface area contributed by atoms with Crippen molar-refractivity contribution in [3.63, 3.8) is 0 Å². The van der Waals surface area contributed by atoms with Gasteiger partial charge in [0, 0.05) is 0 Å². The Morgan fingerprint density at radius 2 is 0.439 bits per heavy atom. The first-order valence-corrected chi connectivity index (χ1v) is 16.7. The van der Waals surface area contributed by atoms with Gasteiger partial charge in [0.15, 0.2) is 0 Å². The number of hydrogen-bond donors (Lipinski definition) is 0. The molecule has 6 aromatic rings. The van der Waals surface area contributed by atoms with Crippen LogP contribution in [0.5, 0.6) is 0 Å². The Hall–Kier alpha value is -3.82. The summed E-state index contributed by atoms with van der Waals surface area (Å²) in [6.07, 6.45) is 0. The Bertz CT molecular complexity index is 1410. The molecular weight excluding hydrogens is 530 g/mol. The first-order chi connectivity index (χ1) is 20.1. The average Bonchev–Trinajstić information content (AvgIpc) is 3.02. The largest absolute Gasteiger partial charge is 0.0622 e. The molecule has 41 heavy (non-hydrogen) atoms. The first-order valence-electron chi connectivity index (χ1n) is 14.0. The van der Waals surface area contributed by atoms with Gasteiger partial charge < -0.3 is 0 Å². The lowest BCUT2D eigenvalue weighted by molar-refractivity contribution is 1.48. The summed E-state index contributed by atoms with van der Waals surface area (Å²) in [7, 11) is -0.929. The van der Waals surface area contributed by atoms with Crippen LogP contribution in [-0.4, -0.2) is 0 Å². The molecule has 0 aliphatic rings. The molecule has 0 fully saturated rings. The zero-order chi connectivity index (χ0) is 28.4. The highest BCUT2D eigenvalue weighted by Crippen LogP contribution is 2.33. The summed E-state index contributed by atoms with van der Waals surface area (Å²) in [6.45, 7) is 6.43. The molecule has 0 spiro atoms. The number of aryl methyl sites for hydroxylation is 3. The maximum atomic E-state index is 2.28. The minimum atomic E-state index is -0.483. The van der Waals surface area contributed by atoms with Crippen LogP contribution in [0.2, 0.25) is 0 Å². The van der Waals surface area contributed by atoms with E-state index in [9.17, 15) is 0 Å². The van der Waals surface area contributed by atoms with Crippen LogP contribution in [0.1, 0.15) is 16.7 Å². The molecule has 0 aliphatic heterocycles. The van der Waals surface area contributed by atoms with E-state index in [0.29, 0.717) is 0 Å². The van der Waals surface area contributed by atoms with E-state index in [0.717, 1.165) is 0 Å². The standard InChI is InChI=1S/C21H21P.C18H15P/c1-16-4-10-19(11-5-16)22(20-12-6-17(2)7-13-20)21-14-8-18(3)9-15-21;1-4-10-16(11-5-1)19(17-12-6-2-7-13-17)18-14-8-3-9-15-18/h4-15H,1-3H3;1-15H. The summed E-state index contributed by atoms with van der Waals surface area (Å²) in [6, 6.07) is 59.3. The van der Waals surface area contributed by atoms with E-state index in [4.69, 9.17) is 0 Å². The lowest BCUT2D eigenvalue weighted by Gasteiger charge is -2.20. The molecule has 0 N–H and O–H groups in total. The topological polar surface area (TPSA) is 0 Å². The van der Waals surface area contributed by atoms with E-state index in [1.807, 2.05) is 0 Å². The molecular formula is C39H36P2. The maximum absolute atomic E-state index is 2.28. The van der Waals surface area contributed by atoms with Crippen LogP contribution in [0.15, 0.2) is 164 Å². The van der Waals surface area contributed by atoms with Crippen molar-refractivity contribution in [1.29, 1.82) is 0 Å². The monoisotopic (exact) mass is 566 g/mol. The van der Waals surface area contributed by atoms with E-state index >= 15 is 0 Å². The van der Waals surface area contributed by atoms with Crippen molar-refractivity contribution < 1.29 is 0 Å². The second-order valence-electron chi connectivity index (χ2n) is 10.2. The van der Waals surface area contributed by atoms with Crippen LogP contribution in [0.4, 0.5) is 0 Å². The lowest BCUT2D eigenvalue weighted by Crippen LogP contribution is -2.20. The summed E-state index contributed by atoms with van der Waals surface area (Å²) in [5.41, 5.74) is 3.93. The van der Waals surface area contributed by atoms with E-state index in [2.05, 4.69) is 185 Å². The maximum Gasteiger partial charge on any atom is -0.0134 e. The second-order valence-corrected chi connectivity index (χ2v) is 14.6. The predicted molar refractivity (Wildman–Crippen MR) is 185 cm³/mol. The molecule has 0 heterocycles. The van der Waals surface area contributed by atoms with Crippen LogP contribution in [-0.2, 0) is 0 Å². The molecule has 0 saturated carbocycles. The third-order valence-corrected chi connectivity index (χ3v) is 11.8. The molecule has 0 unspecified atom stereocenters. The highest BCUT2D eigenvalue weighted by molar-refractivity contribution is 7.80. The zero-order valence-electron chi connectivity index (χ0n) is 24.0. The van der Waals surface area contributed by atoms with Gasteiger partial charge in [-0.2, -0.15) is 0 Å². The Morgan fingerprint density at radius 3 is 0.659 bits per heavy atom. The van der Waals surface area contributed by atoms with Gasteiger partial charge in [0.2, 0.25) is 0 Å². The van der Waals surface area contributed by atoms with Crippen LogP contribution in [0.25, 0.3) is 0 Å². The van der Waals surface area contributed by atoms with E-state index < -0.39 is 15.8 Å². The molecule has 2 heteroatoms. The van der Waals surface area contributed by atoms with E-state index in [1.54, 1.807) is 0 Å². The molecule has 6 rings (SSSR count). The van der Waals surface area contributed by atoms with Gasteiger partial charge in [0.1, 0.15) is 0 Å². The van der Waals surface area contributed by atoms with Crippen molar-refractivity contribution in [2.75, 3.05) is 0 Å². The number of hydrogen-bond acceptors (Lipinski definition) is 0. The average molecular weight is 567 g/mol. The van der Waals surface area contributed by atoms with Crippen LogP contribution >= 0.6 is 15.8 Å². The minimum Gasteiger partial charge on any atom is -0.0622 e. The molecule has 0 saturated heterocycles. The highest BCUT2D eigenvalue weighted by Gasteiger charge is 2.16. The zero-order valence-corrected chi connectivity index (χ0v) is 25.8. The van der Waals surface area contributed by atoms with Crippen LogP contribution in [0.3, 0.4) is 0 Å². The van der Waals surface area contributed by atoms with Gasteiger partial charge in [-0.1, -0.05) is 180 Å². The van der Waals surface area contributed by atoms with Crippen LogP contribution < -0.4 is 31.8 Å². The smallest absolute Gasteiger partial charge is 0.0134 e. The van der Waals surface area contributed by atoms with Gasteiger partial charge in [-0.05, 0) is 68.4 Å². The van der Waals surface area contributed by atoms with Crippen molar-refractivity contribution in [3.8, 4) is 0 Å². The molecule has 0 atom stereocenters. The molecule has 0 aromatic heterocycles. The minimum absolute atomic E-state index is 0.446. The highest BCUT2D eigenvalue weighted by atomic mass is 31.1. The van der Waals surface area contributed by atoms with Gasteiger partial charge in [-0.15, -0.1) is 0 Å². The third kappa shape index (κ3) is 7.68. The Balaban J connectivity index is 0.000000166. The molecule has 0 amide bonds. The molecule has 0 aliphatic carbocycles. The SMILES string of the molecule is Cc1ccc(P(c2ccc(C)cc2)c2ccc(C)cc2)cc1.c1ccc(P(c2ccccc2)c2ccccc2)cc1. The molecule has 0 bridgehead atoms. The van der Waals surface area contributed by atoms with Crippen molar-refractivity contribution in [2.45, 2.75) is 20.8 Å². The number of rotatable bonds is 6.